The van der Waals surface area contributed by atoms with Gasteiger partial charge in [0.1, 0.15) is 9.79 Å². The van der Waals surface area contributed by atoms with Crippen LogP contribution in [0, 0.1) is 24.7 Å². The van der Waals surface area contributed by atoms with Crippen molar-refractivity contribution in [1.29, 1.82) is 0 Å². The van der Waals surface area contributed by atoms with Gasteiger partial charge in [-0.3, -0.25) is 9.11 Å². The van der Waals surface area contributed by atoms with Crippen molar-refractivity contribution >= 4 is 32.2 Å². The van der Waals surface area contributed by atoms with E-state index in [1.54, 1.807) is 0 Å². The van der Waals surface area contributed by atoms with E-state index in [1.807, 2.05) is 11.8 Å². The summed E-state index contributed by atoms with van der Waals surface area (Å²) in [5.41, 5.74) is -2.28. The second-order valence-electron chi connectivity index (χ2n) is 5.28. The molecule has 9 nitrogen and oxygen atoms in total. The fraction of sp³-hybridized carbons (Fsp3) is 0. The van der Waals surface area contributed by atoms with Crippen molar-refractivity contribution in [3.05, 3.63) is 58.7 Å². The van der Waals surface area contributed by atoms with Crippen molar-refractivity contribution < 1.29 is 40.3 Å². The summed E-state index contributed by atoms with van der Waals surface area (Å²) in [5.74, 6) is 0.822. The molecule has 0 aliphatic heterocycles. The van der Waals surface area contributed by atoms with Gasteiger partial charge in [0.05, 0.1) is 11.1 Å². The predicted octanol–water partition coefficient (Wildman–Crippen LogP) is 1.14. The fourth-order valence-electron chi connectivity index (χ4n) is 2.37. The van der Waals surface area contributed by atoms with Gasteiger partial charge in [-0.05, 0) is 24.3 Å². The van der Waals surface area contributed by atoms with Crippen LogP contribution in [0.2, 0.25) is 0 Å². The van der Waals surface area contributed by atoms with E-state index in [2.05, 4.69) is 4.74 Å². The van der Waals surface area contributed by atoms with Gasteiger partial charge in [0.15, 0.2) is 0 Å². The van der Waals surface area contributed by atoms with E-state index in [0.29, 0.717) is 0 Å². The lowest BCUT2D eigenvalue weighted by Gasteiger charge is -2.10. The van der Waals surface area contributed by atoms with Gasteiger partial charge in [-0.2, -0.15) is 16.8 Å². The molecule has 0 bridgehead atoms. The molecule has 0 aromatic heterocycles. The lowest BCUT2D eigenvalue weighted by Crippen LogP contribution is -2.19. The van der Waals surface area contributed by atoms with Crippen LogP contribution in [0.5, 0.6) is 0 Å². The van der Waals surface area contributed by atoms with Crippen molar-refractivity contribution in [2.75, 3.05) is 0 Å². The Labute approximate surface area is 165 Å². The van der Waals surface area contributed by atoms with Crippen LogP contribution in [0.25, 0.3) is 0 Å². The summed E-state index contributed by atoms with van der Waals surface area (Å²) >= 11 is 0. The molecule has 0 amide bonds. The standard InChI is InChI=1S/C18H10O9S2/c1-3-11-7-5-9-13(15(11)28(21,22)23)17(19)27-18(20)14-10-6-8-12(4-2)16(14)29(24,25)26/h1-2,5-10H,(H,21,22,23)(H,24,25,26). The van der Waals surface area contributed by atoms with Crippen molar-refractivity contribution in [2.45, 2.75) is 9.79 Å². The predicted molar refractivity (Wildman–Crippen MR) is 98.1 cm³/mol. The SMILES string of the molecule is C#Cc1cccc(C(=O)OC(=O)c2cccc(C#C)c2S(=O)(=O)O)c1S(=O)(=O)O. The van der Waals surface area contributed by atoms with Crippen LogP contribution in [0.15, 0.2) is 46.2 Å². The summed E-state index contributed by atoms with van der Waals surface area (Å²) in [7, 11) is -9.96. The number of benzene rings is 2. The Hall–Kier alpha value is -3.48. The third-order valence-electron chi connectivity index (χ3n) is 3.48. The van der Waals surface area contributed by atoms with Gasteiger partial charge >= 0.3 is 11.9 Å². The van der Waals surface area contributed by atoms with Crippen LogP contribution in [-0.2, 0) is 25.0 Å². The average Bonchev–Trinajstić information content (AvgIpc) is 2.64. The lowest BCUT2D eigenvalue weighted by atomic mass is 10.1. The highest BCUT2D eigenvalue weighted by Gasteiger charge is 2.29. The first-order valence-corrected chi connectivity index (χ1v) is 10.2. The van der Waals surface area contributed by atoms with Gasteiger partial charge in [0, 0.05) is 11.1 Å². The van der Waals surface area contributed by atoms with E-state index in [0.717, 1.165) is 24.3 Å². The van der Waals surface area contributed by atoms with Gasteiger partial charge < -0.3 is 4.74 Å². The maximum Gasteiger partial charge on any atom is 0.347 e. The highest BCUT2D eigenvalue weighted by atomic mass is 32.2. The third kappa shape index (κ3) is 4.51. The summed E-state index contributed by atoms with van der Waals surface area (Å²) in [6.45, 7) is 0. The number of rotatable bonds is 4. The molecule has 2 rings (SSSR count). The molecule has 0 fully saturated rings. The lowest BCUT2D eigenvalue weighted by molar-refractivity contribution is 0.0391. The molecular weight excluding hydrogens is 424 g/mol. The van der Waals surface area contributed by atoms with Gasteiger partial charge in [-0.25, -0.2) is 9.59 Å². The van der Waals surface area contributed by atoms with Crippen LogP contribution in [0.1, 0.15) is 31.8 Å². The third-order valence-corrected chi connectivity index (χ3v) is 5.39. The zero-order valence-corrected chi connectivity index (χ0v) is 15.8. The summed E-state index contributed by atoms with van der Waals surface area (Å²) in [6.07, 6.45) is 10.3. The Balaban J connectivity index is 2.57. The molecule has 0 radical (unpaired) electrons. The molecule has 0 saturated heterocycles. The van der Waals surface area contributed by atoms with Crippen LogP contribution in [0.4, 0.5) is 0 Å². The molecule has 11 heteroatoms. The van der Waals surface area contributed by atoms with Gasteiger partial charge in [0.25, 0.3) is 20.2 Å². The summed E-state index contributed by atoms with van der Waals surface area (Å²) in [4.78, 5) is 22.7. The maximum absolute atomic E-state index is 12.3. The number of esters is 2. The van der Waals surface area contributed by atoms with Crippen molar-refractivity contribution in [3.63, 3.8) is 0 Å². The first-order chi connectivity index (χ1) is 13.4. The molecule has 0 unspecified atom stereocenters. The molecule has 2 aromatic rings. The minimum Gasteiger partial charge on any atom is -0.386 e. The minimum atomic E-state index is -4.98. The van der Waals surface area contributed by atoms with E-state index in [-0.39, 0.29) is 11.1 Å². The number of carbonyl (C=O) groups is 2. The average molecular weight is 434 g/mol. The first kappa shape index (κ1) is 21.8. The van der Waals surface area contributed by atoms with Gasteiger partial charge in [-0.1, -0.05) is 24.0 Å². The van der Waals surface area contributed by atoms with Crippen molar-refractivity contribution in [2.24, 2.45) is 0 Å². The highest BCUT2D eigenvalue weighted by molar-refractivity contribution is 7.86. The van der Waals surface area contributed by atoms with E-state index >= 15 is 0 Å². The molecule has 0 heterocycles. The summed E-state index contributed by atoms with van der Waals surface area (Å²) in [5, 5.41) is 0. The number of hydrogen-bond donors (Lipinski definition) is 2. The van der Waals surface area contributed by atoms with E-state index < -0.39 is 53.1 Å². The molecule has 2 aromatic carbocycles. The topological polar surface area (TPSA) is 152 Å². The highest BCUT2D eigenvalue weighted by Crippen LogP contribution is 2.24. The second-order valence-corrected chi connectivity index (χ2v) is 8.00. The second kappa shape index (κ2) is 7.87. The Bertz CT molecular complexity index is 1220. The largest absolute Gasteiger partial charge is 0.386 e. The fourth-order valence-corrected chi connectivity index (χ4v) is 4.04. The van der Waals surface area contributed by atoms with Crippen LogP contribution in [-0.4, -0.2) is 37.9 Å². The number of carbonyl (C=O) groups excluding carboxylic acids is 2. The zero-order chi connectivity index (χ0) is 22.0. The van der Waals surface area contributed by atoms with E-state index in [4.69, 9.17) is 12.8 Å². The molecule has 29 heavy (non-hydrogen) atoms. The molecule has 148 valence electrons. The molecule has 0 aliphatic rings. The molecule has 2 N–H and O–H groups in total. The quantitative estimate of drug-likeness (QED) is 0.312. The normalized spacial score (nSPS) is 11.2. The van der Waals surface area contributed by atoms with Gasteiger partial charge in [-0.15, -0.1) is 12.8 Å². The van der Waals surface area contributed by atoms with E-state index in [1.165, 1.54) is 12.1 Å². The molecular formula is C18H10O9S2. The Morgan fingerprint density at radius 2 is 1.10 bits per heavy atom. The van der Waals surface area contributed by atoms with Crippen LogP contribution in [0.3, 0.4) is 0 Å². The summed E-state index contributed by atoms with van der Waals surface area (Å²) < 4.78 is 69.6. The van der Waals surface area contributed by atoms with Crippen molar-refractivity contribution in [3.8, 4) is 24.7 Å². The number of hydrogen-bond acceptors (Lipinski definition) is 7. The van der Waals surface area contributed by atoms with Crippen LogP contribution < -0.4 is 0 Å². The van der Waals surface area contributed by atoms with E-state index in [9.17, 15) is 35.5 Å². The monoisotopic (exact) mass is 434 g/mol. The molecule has 0 atom stereocenters. The number of ether oxygens (including phenoxy) is 1. The summed E-state index contributed by atoms with van der Waals surface area (Å²) in [6, 6.07) is 6.42. The Morgan fingerprint density at radius 3 is 1.38 bits per heavy atom. The first-order valence-electron chi connectivity index (χ1n) is 7.32. The molecule has 0 aliphatic carbocycles. The maximum atomic E-state index is 12.3. The molecule has 0 spiro atoms. The Morgan fingerprint density at radius 1 is 0.759 bits per heavy atom. The van der Waals surface area contributed by atoms with Crippen molar-refractivity contribution in [1.82, 2.24) is 0 Å². The smallest absolute Gasteiger partial charge is 0.347 e. The Kier molecular flexibility index (Phi) is 5.92. The minimum absolute atomic E-state index is 0.373. The number of terminal acetylenes is 2. The van der Waals surface area contributed by atoms with Crippen LogP contribution >= 0.6 is 0 Å². The molecule has 0 saturated carbocycles. The van der Waals surface area contributed by atoms with Gasteiger partial charge in [0.2, 0.25) is 0 Å². The zero-order valence-electron chi connectivity index (χ0n) is 14.2.